The highest BCUT2D eigenvalue weighted by molar-refractivity contribution is 6.17. The molecule has 0 saturated carbocycles. The minimum atomic E-state index is -0.527. The Hall–Kier alpha value is -6.46. The van der Waals surface area contributed by atoms with Gasteiger partial charge in [0.25, 0.3) is 0 Å². The summed E-state index contributed by atoms with van der Waals surface area (Å²) in [6.07, 6.45) is -0.527. The molecule has 0 bridgehead atoms. The van der Waals surface area contributed by atoms with Gasteiger partial charge in [-0.3, -0.25) is 0 Å². The molecule has 0 saturated heterocycles. The standard InChI is InChI=1S/C43H27N3O2/c1-2-11-27(12-3-1)41-44-42(30-19-18-26-10-4-5-13-28(26)22-30)46-43(45-41)35-23-31(25-39-40(35)34-15-7-9-17-37(34)48-39)29-20-21-33-32-14-6-8-16-36(32)47-38(33)24-29/h1-25,43H,(H,44,45,46). The fourth-order valence-corrected chi connectivity index (χ4v) is 6.98. The Labute approximate surface area is 275 Å². The van der Waals surface area contributed by atoms with Crippen LogP contribution < -0.4 is 5.32 Å². The monoisotopic (exact) mass is 617 g/mol. The molecule has 1 unspecified atom stereocenters. The predicted molar refractivity (Wildman–Crippen MR) is 196 cm³/mol. The summed E-state index contributed by atoms with van der Waals surface area (Å²) in [6, 6.07) is 52.2. The smallest absolute Gasteiger partial charge is 0.170 e. The van der Waals surface area contributed by atoms with Crippen LogP contribution in [0.15, 0.2) is 170 Å². The largest absolute Gasteiger partial charge is 0.456 e. The Morgan fingerprint density at radius 3 is 1.90 bits per heavy atom. The summed E-state index contributed by atoms with van der Waals surface area (Å²) in [7, 11) is 0. The summed E-state index contributed by atoms with van der Waals surface area (Å²) in [5.74, 6) is 1.54. The van der Waals surface area contributed by atoms with Gasteiger partial charge in [-0.05, 0) is 64.4 Å². The molecule has 226 valence electrons. The van der Waals surface area contributed by atoms with Crippen LogP contribution in [-0.2, 0) is 0 Å². The molecule has 1 aliphatic rings. The predicted octanol–water partition coefficient (Wildman–Crippen LogP) is 10.8. The number of nitrogens with zero attached hydrogens (tertiary/aromatic N) is 2. The molecule has 9 aromatic rings. The number of aliphatic imine (C=N–C) groups is 2. The Bertz CT molecular complexity index is 2770. The first-order valence-electron chi connectivity index (χ1n) is 16.1. The molecule has 0 radical (unpaired) electrons. The Morgan fingerprint density at radius 1 is 0.417 bits per heavy atom. The third kappa shape index (κ3) is 4.32. The maximum atomic E-state index is 6.52. The number of hydrogen-bond acceptors (Lipinski definition) is 5. The van der Waals surface area contributed by atoms with E-state index in [9.17, 15) is 0 Å². The highest BCUT2D eigenvalue weighted by Crippen LogP contribution is 2.41. The van der Waals surface area contributed by atoms with Crippen molar-refractivity contribution in [2.75, 3.05) is 0 Å². The van der Waals surface area contributed by atoms with Crippen molar-refractivity contribution in [1.82, 2.24) is 5.32 Å². The lowest BCUT2D eigenvalue weighted by Crippen LogP contribution is -2.36. The van der Waals surface area contributed by atoms with Gasteiger partial charge in [0.05, 0.1) is 0 Å². The number of amidine groups is 2. The van der Waals surface area contributed by atoms with Gasteiger partial charge in [0.15, 0.2) is 6.17 Å². The van der Waals surface area contributed by atoms with Crippen molar-refractivity contribution >= 4 is 66.3 Å². The lowest BCUT2D eigenvalue weighted by atomic mass is 9.96. The van der Waals surface area contributed by atoms with Gasteiger partial charge in [-0.15, -0.1) is 0 Å². The van der Waals surface area contributed by atoms with E-state index in [0.717, 1.165) is 88.8 Å². The molecule has 5 nitrogen and oxygen atoms in total. The zero-order chi connectivity index (χ0) is 31.6. The van der Waals surface area contributed by atoms with E-state index in [1.54, 1.807) is 0 Å². The van der Waals surface area contributed by atoms with Crippen LogP contribution in [0.3, 0.4) is 0 Å². The highest BCUT2D eigenvalue weighted by atomic mass is 16.3. The quantitative estimate of drug-likeness (QED) is 0.214. The fourth-order valence-electron chi connectivity index (χ4n) is 6.98. The van der Waals surface area contributed by atoms with Crippen molar-refractivity contribution in [1.29, 1.82) is 0 Å². The maximum Gasteiger partial charge on any atom is 0.170 e. The maximum absolute atomic E-state index is 6.52. The van der Waals surface area contributed by atoms with E-state index in [-0.39, 0.29) is 0 Å². The van der Waals surface area contributed by atoms with E-state index in [4.69, 9.17) is 18.8 Å². The molecule has 5 heteroatoms. The first kappa shape index (κ1) is 26.7. The van der Waals surface area contributed by atoms with Crippen molar-refractivity contribution in [3.8, 4) is 11.1 Å². The summed E-state index contributed by atoms with van der Waals surface area (Å²) in [5.41, 5.74) is 8.38. The molecule has 10 rings (SSSR count). The molecule has 0 amide bonds. The average Bonchev–Trinajstić information content (AvgIpc) is 3.72. The van der Waals surface area contributed by atoms with Gasteiger partial charge in [0.1, 0.15) is 34.0 Å². The molecule has 1 aliphatic heterocycles. The van der Waals surface area contributed by atoms with Gasteiger partial charge in [-0.2, -0.15) is 0 Å². The van der Waals surface area contributed by atoms with Crippen molar-refractivity contribution in [2.45, 2.75) is 6.17 Å². The van der Waals surface area contributed by atoms with Crippen LogP contribution in [0, 0.1) is 0 Å². The molecule has 48 heavy (non-hydrogen) atoms. The van der Waals surface area contributed by atoms with Gasteiger partial charge >= 0.3 is 0 Å². The SMILES string of the molecule is c1ccc(C2=NC(c3cc(-c4ccc5c(c4)oc4ccccc45)cc4oc5ccccc5c34)N=C(c3ccc4ccccc4c3)N2)cc1. The van der Waals surface area contributed by atoms with Crippen LogP contribution in [0.25, 0.3) is 65.8 Å². The zero-order valence-corrected chi connectivity index (χ0v) is 25.7. The Kier molecular flexibility index (Phi) is 5.87. The number of fused-ring (bicyclic) bond motifs is 7. The topological polar surface area (TPSA) is 63.0 Å². The number of para-hydroxylation sites is 2. The molecule has 0 spiro atoms. The summed E-state index contributed by atoms with van der Waals surface area (Å²) in [4.78, 5) is 10.6. The van der Waals surface area contributed by atoms with Crippen LogP contribution >= 0.6 is 0 Å². The number of benzene rings is 7. The van der Waals surface area contributed by atoms with Crippen molar-refractivity contribution in [2.24, 2.45) is 9.98 Å². The van der Waals surface area contributed by atoms with Gasteiger partial charge < -0.3 is 14.2 Å². The molecule has 0 fully saturated rings. The second-order valence-electron chi connectivity index (χ2n) is 12.2. The number of hydrogen-bond donors (Lipinski definition) is 1. The van der Waals surface area contributed by atoms with Crippen LogP contribution in [0.1, 0.15) is 22.9 Å². The van der Waals surface area contributed by atoms with Crippen molar-refractivity contribution < 1.29 is 8.83 Å². The van der Waals surface area contributed by atoms with Crippen LogP contribution in [0.2, 0.25) is 0 Å². The molecule has 3 heterocycles. The molecule has 1 N–H and O–H groups in total. The Morgan fingerprint density at radius 2 is 1.04 bits per heavy atom. The van der Waals surface area contributed by atoms with E-state index in [0.29, 0.717) is 0 Å². The number of furan rings is 2. The highest BCUT2D eigenvalue weighted by Gasteiger charge is 2.25. The lowest BCUT2D eigenvalue weighted by molar-refractivity contribution is 0.667. The molecule has 2 aromatic heterocycles. The van der Waals surface area contributed by atoms with Crippen LogP contribution in [0.5, 0.6) is 0 Å². The second kappa shape index (κ2) is 10.5. The summed E-state index contributed by atoms with van der Waals surface area (Å²) < 4.78 is 12.8. The second-order valence-corrected chi connectivity index (χ2v) is 12.2. The van der Waals surface area contributed by atoms with E-state index in [1.165, 1.54) is 5.39 Å². The minimum absolute atomic E-state index is 0.527. The summed E-state index contributed by atoms with van der Waals surface area (Å²) in [6.45, 7) is 0. The lowest BCUT2D eigenvalue weighted by Gasteiger charge is -2.23. The zero-order valence-electron chi connectivity index (χ0n) is 25.7. The molecular formula is C43H27N3O2. The number of nitrogens with one attached hydrogen (secondary N) is 1. The number of rotatable bonds is 4. The van der Waals surface area contributed by atoms with E-state index in [2.05, 4.69) is 108 Å². The minimum Gasteiger partial charge on any atom is -0.456 e. The van der Waals surface area contributed by atoms with Gasteiger partial charge in [-0.1, -0.05) is 109 Å². The first-order valence-corrected chi connectivity index (χ1v) is 16.1. The third-order valence-electron chi connectivity index (χ3n) is 9.31. The van der Waals surface area contributed by atoms with E-state index >= 15 is 0 Å². The van der Waals surface area contributed by atoms with E-state index in [1.807, 2.05) is 48.5 Å². The van der Waals surface area contributed by atoms with Crippen molar-refractivity contribution in [3.63, 3.8) is 0 Å². The van der Waals surface area contributed by atoms with Gasteiger partial charge in [0.2, 0.25) is 0 Å². The molecule has 0 aliphatic carbocycles. The van der Waals surface area contributed by atoms with Gasteiger partial charge in [0, 0.05) is 38.2 Å². The van der Waals surface area contributed by atoms with E-state index < -0.39 is 6.17 Å². The summed E-state index contributed by atoms with van der Waals surface area (Å²) >= 11 is 0. The Balaban J connectivity index is 1.20. The fraction of sp³-hybridized carbons (Fsp3) is 0.0233. The first-order chi connectivity index (χ1) is 23.7. The van der Waals surface area contributed by atoms with Crippen molar-refractivity contribution in [3.05, 3.63) is 168 Å². The van der Waals surface area contributed by atoms with Crippen LogP contribution in [-0.4, -0.2) is 11.7 Å². The summed E-state index contributed by atoms with van der Waals surface area (Å²) in [5, 5.41) is 10.2. The molecule has 1 atom stereocenters. The van der Waals surface area contributed by atoms with Gasteiger partial charge in [-0.25, -0.2) is 9.98 Å². The third-order valence-corrected chi connectivity index (χ3v) is 9.31. The normalized spacial score (nSPS) is 14.9. The molecule has 7 aromatic carbocycles. The average molecular weight is 618 g/mol. The molecular weight excluding hydrogens is 590 g/mol. The van der Waals surface area contributed by atoms with Crippen LogP contribution in [0.4, 0.5) is 0 Å².